The Hall–Kier alpha value is -9.90. The van der Waals surface area contributed by atoms with Crippen LogP contribution in [-0.4, -0.2) is 4.57 Å². The van der Waals surface area contributed by atoms with Gasteiger partial charge >= 0.3 is 0 Å². The van der Waals surface area contributed by atoms with Crippen LogP contribution >= 0.6 is 0 Å². The number of para-hydroxylation sites is 4. The molecule has 4 nitrogen and oxygen atoms in total. The smallest absolute Gasteiger partial charge is 0.159 e. The second-order valence-corrected chi connectivity index (χ2v) is 19.2. The van der Waals surface area contributed by atoms with Crippen molar-refractivity contribution in [1.29, 1.82) is 0 Å². The molecule has 15 rings (SSSR count). The van der Waals surface area contributed by atoms with Gasteiger partial charge < -0.3 is 18.8 Å². The van der Waals surface area contributed by atoms with Crippen LogP contribution in [0.2, 0.25) is 0 Å². The standard InChI is InChI=1S/C70H45N3O/c1-2-18-46(19-3-1)47-36-38-49(39-37-47)71(65-33-16-21-48-20-4-5-22-54(48)65)51-42-52(44-53(43-51)73-66-31-13-10-27-60(66)61-28-11-14-32-67(61)73)72(68-34-17-30-63-62-29-12-15-35-69(62)74-70(63)68)50-40-41-59-57-25-7-6-23-55(57)56-24-8-9-26-58(56)64(59)45-50/h1-45H. The van der Waals surface area contributed by atoms with E-state index in [1.165, 1.54) is 54.0 Å². The molecule has 74 heavy (non-hydrogen) atoms. The lowest BCUT2D eigenvalue weighted by Gasteiger charge is -2.31. The molecule has 0 aliphatic heterocycles. The summed E-state index contributed by atoms with van der Waals surface area (Å²) in [6.07, 6.45) is 0. The number of aromatic nitrogens is 1. The Bertz CT molecular complexity index is 4590. The monoisotopic (exact) mass is 943 g/mol. The Morgan fingerprint density at radius 3 is 1.43 bits per heavy atom. The third-order valence-electron chi connectivity index (χ3n) is 15.1. The average Bonchev–Trinajstić information content (AvgIpc) is 4.02. The molecule has 346 valence electrons. The Morgan fingerprint density at radius 2 is 0.743 bits per heavy atom. The zero-order chi connectivity index (χ0) is 48.7. The number of nitrogens with zero attached hydrogens (tertiary/aromatic N) is 3. The average molecular weight is 944 g/mol. The number of benzene rings is 13. The molecule has 0 amide bonds. The molecule has 0 spiro atoms. The van der Waals surface area contributed by atoms with E-state index in [0.29, 0.717) is 0 Å². The van der Waals surface area contributed by atoms with E-state index in [2.05, 4.69) is 287 Å². The number of hydrogen-bond donors (Lipinski definition) is 0. The minimum absolute atomic E-state index is 0.823. The molecule has 0 atom stereocenters. The summed E-state index contributed by atoms with van der Waals surface area (Å²) in [5.74, 6) is 0. The largest absolute Gasteiger partial charge is 0.454 e. The summed E-state index contributed by atoms with van der Waals surface area (Å²) in [7, 11) is 0. The van der Waals surface area contributed by atoms with Gasteiger partial charge in [-0.15, -0.1) is 0 Å². The number of anilines is 6. The van der Waals surface area contributed by atoms with Crippen LogP contribution in [0.1, 0.15) is 0 Å². The molecule has 2 heterocycles. The van der Waals surface area contributed by atoms with Crippen molar-refractivity contribution in [2.24, 2.45) is 0 Å². The van der Waals surface area contributed by atoms with E-state index in [-0.39, 0.29) is 0 Å². The highest BCUT2D eigenvalue weighted by Crippen LogP contribution is 2.49. The van der Waals surface area contributed by atoms with E-state index < -0.39 is 0 Å². The van der Waals surface area contributed by atoms with E-state index in [1.54, 1.807) is 0 Å². The number of rotatable bonds is 8. The highest BCUT2D eigenvalue weighted by atomic mass is 16.3. The van der Waals surface area contributed by atoms with Gasteiger partial charge in [0, 0.05) is 38.3 Å². The van der Waals surface area contributed by atoms with E-state index >= 15 is 0 Å². The lowest BCUT2D eigenvalue weighted by Crippen LogP contribution is -2.15. The van der Waals surface area contributed by atoms with Crippen LogP contribution in [0.5, 0.6) is 0 Å². The molecule has 2 aromatic heterocycles. The number of hydrogen-bond acceptors (Lipinski definition) is 3. The number of fused-ring (bicyclic) bond motifs is 13. The second kappa shape index (κ2) is 16.9. The van der Waals surface area contributed by atoms with Crippen LogP contribution in [0.4, 0.5) is 34.1 Å². The molecule has 4 heteroatoms. The maximum atomic E-state index is 7.00. The van der Waals surface area contributed by atoms with E-state index in [1.807, 2.05) is 0 Å². The molecule has 13 aromatic carbocycles. The predicted molar refractivity (Wildman–Crippen MR) is 313 cm³/mol. The summed E-state index contributed by atoms with van der Waals surface area (Å²) in [6, 6.07) is 99.3. The maximum Gasteiger partial charge on any atom is 0.159 e. The van der Waals surface area contributed by atoms with Crippen molar-refractivity contribution < 1.29 is 4.42 Å². The van der Waals surface area contributed by atoms with Crippen molar-refractivity contribution in [2.75, 3.05) is 9.80 Å². The zero-order valence-corrected chi connectivity index (χ0v) is 40.2. The van der Waals surface area contributed by atoms with Crippen molar-refractivity contribution >= 4 is 121 Å². The van der Waals surface area contributed by atoms with Crippen LogP contribution in [0.25, 0.3) is 104 Å². The Balaban J connectivity index is 1.07. The van der Waals surface area contributed by atoms with Gasteiger partial charge in [0.25, 0.3) is 0 Å². The fourth-order valence-electron chi connectivity index (χ4n) is 11.8. The van der Waals surface area contributed by atoms with Crippen LogP contribution in [0, 0.1) is 0 Å². The normalized spacial score (nSPS) is 11.8. The summed E-state index contributed by atoms with van der Waals surface area (Å²) < 4.78 is 9.44. The van der Waals surface area contributed by atoms with Crippen molar-refractivity contribution in [3.8, 4) is 16.8 Å². The molecule has 0 N–H and O–H groups in total. The molecule has 0 bridgehead atoms. The Morgan fingerprint density at radius 1 is 0.270 bits per heavy atom. The van der Waals surface area contributed by atoms with Gasteiger partial charge in [-0.3, -0.25) is 0 Å². The fourth-order valence-corrected chi connectivity index (χ4v) is 11.8. The Kier molecular flexibility index (Phi) is 9.54. The zero-order valence-electron chi connectivity index (χ0n) is 40.2. The molecular weight excluding hydrogens is 899 g/mol. The van der Waals surface area contributed by atoms with Crippen molar-refractivity contribution in [2.45, 2.75) is 0 Å². The van der Waals surface area contributed by atoms with Crippen molar-refractivity contribution in [1.82, 2.24) is 4.57 Å². The predicted octanol–water partition coefficient (Wildman–Crippen LogP) is 19.9. The maximum absolute atomic E-state index is 7.00. The topological polar surface area (TPSA) is 24.6 Å². The van der Waals surface area contributed by atoms with Crippen molar-refractivity contribution in [3.05, 3.63) is 273 Å². The molecule has 0 saturated heterocycles. The van der Waals surface area contributed by atoms with Crippen LogP contribution in [0.15, 0.2) is 277 Å². The van der Waals surface area contributed by atoms with E-state index in [4.69, 9.17) is 4.42 Å². The van der Waals surface area contributed by atoms with Gasteiger partial charge in [0.15, 0.2) is 5.58 Å². The molecule has 0 saturated carbocycles. The van der Waals surface area contributed by atoms with E-state index in [0.717, 1.165) is 83.7 Å². The molecule has 0 aliphatic rings. The molecule has 0 fully saturated rings. The Labute approximate surface area is 427 Å². The summed E-state index contributed by atoms with van der Waals surface area (Å²) in [5, 5.41) is 14.2. The van der Waals surface area contributed by atoms with Gasteiger partial charge in [0.1, 0.15) is 5.58 Å². The van der Waals surface area contributed by atoms with Crippen LogP contribution in [-0.2, 0) is 0 Å². The highest BCUT2D eigenvalue weighted by molar-refractivity contribution is 6.26. The quantitative estimate of drug-likeness (QED) is 0.142. The third-order valence-corrected chi connectivity index (χ3v) is 15.1. The summed E-state index contributed by atoms with van der Waals surface area (Å²) >= 11 is 0. The van der Waals surface area contributed by atoms with E-state index in [9.17, 15) is 0 Å². The first-order chi connectivity index (χ1) is 36.7. The van der Waals surface area contributed by atoms with Gasteiger partial charge in [-0.2, -0.15) is 0 Å². The van der Waals surface area contributed by atoms with Crippen LogP contribution in [0.3, 0.4) is 0 Å². The summed E-state index contributed by atoms with van der Waals surface area (Å²) in [4.78, 5) is 4.87. The fraction of sp³-hybridized carbons (Fsp3) is 0. The van der Waals surface area contributed by atoms with Crippen LogP contribution < -0.4 is 9.80 Å². The van der Waals surface area contributed by atoms with Gasteiger partial charge in [0.05, 0.1) is 39.5 Å². The minimum Gasteiger partial charge on any atom is -0.454 e. The molecule has 0 radical (unpaired) electrons. The first-order valence-corrected chi connectivity index (χ1v) is 25.3. The first-order valence-electron chi connectivity index (χ1n) is 25.3. The third kappa shape index (κ3) is 6.62. The minimum atomic E-state index is 0.823. The lowest BCUT2D eigenvalue weighted by molar-refractivity contribution is 0.669. The van der Waals surface area contributed by atoms with Gasteiger partial charge in [-0.05, 0) is 122 Å². The van der Waals surface area contributed by atoms with Gasteiger partial charge in [-0.1, -0.05) is 200 Å². The second-order valence-electron chi connectivity index (χ2n) is 19.2. The first kappa shape index (κ1) is 41.8. The molecular formula is C70H45N3O. The summed E-state index contributed by atoms with van der Waals surface area (Å²) in [6.45, 7) is 0. The molecule has 0 unspecified atom stereocenters. The summed E-state index contributed by atoms with van der Waals surface area (Å²) in [5.41, 5.74) is 13.4. The molecule has 15 aromatic rings. The highest BCUT2D eigenvalue weighted by Gasteiger charge is 2.25. The lowest BCUT2D eigenvalue weighted by atomic mass is 9.94. The van der Waals surface area contributed by atoms with Crippen molar-refractivity contribution in [3.63, 3.8) is 0 Å². The van der Waals surface area contributed by atoms with Gasteiger partial charge in [0.2, 0.25) is 0 Å². The SMILES string of the molecule is c1ccc(-c2ccc(N(c3cc(N(c4ccc5c6ccccc6c6ccccc6c5c4)c4cccc5c4oc4ccccc45)cc(-n4c5ccccc5c5ccccc54)c3)c3cccc4ccccc34)cc2)cc1. The number of furan rings is 1. The van der Waals surface area contributed by atoms with Gasteiger partial charge in [-0.25, -0.2) is 0 Å². The molecule has 0 aliphatic carbocycles.